The fourth-order valence-electron chi connectivity index (χ4n) is 5.50. The maximum absolute atomic E-state index is 2.36. The van der Waals surface area contributed by atoms with Crippen molar-refractivity contribution in [2.75, 3.05) is 0 Å². The molecule has 5 aromatic rings. The lowest BCUT2D eigenvalue weighted by atomic mass is 9.94. The third-order valence-electron chi connectivity index (χ3n) is 7.92. The first-order chi connectivity index (χ1) is 15.6. The second-order valence-electron chi connectivity index (χ2n) is 9.65. The summed E-state index contributed by atoms with van der Waals surface area (Å²) in [5.74, 6) is 2.50. The highest BCUT2D eigenvalue weighted by Crippen LogP contribution is 2.33. The van der Waals surface area contributed by atoms with Gasteiger partial charge >= 0.3 is 0 Å². The predicted molar refractivity (Wildman–Crippen MR) is 136 cm³/mol. The van der Waals surface area contributed by atoms with Crippen LogP contribution < -0.4 is 9.13 Å². The highest BCUT2D eigenvalue weighted by Gasteiger charge is 2.26. The molecule has 0 aliphatic heterocycles. The van der Waals surface area contributed by atoms with Crippen LogP contribution in [0, 0.1) is 34.6 Å². The van der Waals surface area contributed by atoms with Gasteiger partial charge in [0.2, 0.25) is 0 Å². The molecule has 0 aliphatic rings. The molecule has 4 heteroatoms. The molecule has 168 valence electrons. The lowest BCUT2D eigenvalue weighted by Gasteiger charge is -2.13. The van der Waals surface area contributed by atoms with E-state index in [-0.39, 0.29) is 0 Å². The van der Waals surface area contributed by atoms with E-state index in [9.17, 15) is 0 Å². The average Bonchev–Trinajstić information content (AvgIpc) is 3.17. The van der Waals surface area contributed by atoms with Crippen LogP contribution in [0.4, 0.5) is 0 Å². The zero-order chi connectivity index (χ0) is 23.8. The summed E-state index contributed by atoms with van der Waals surface area (Å²) >= 11 is 0. The van der Waals surface area contributed by atoms with Gasteiger partial charge in [-0.15, -0.1) is 0 Å². The number of fused-ring (bicyclic) bond motifs is 2. The van der Waals surface area contributed by atoms with Gasteiger partial charge in [-0.05, 0) is 97.5 Å². The van der Waals surface area contributed by atoms with Crippen LogP contribution >= 0.6 is 0 Å². The SMILES string of the molecule is Cc1cc(C)c(-c2n(C)c3ccc(-c4ccc5c(c4)[n+](C)c(C)n5C)cc3[n+]2C)c(C)c1C. The summed E-state index contributed by atoms with van der Waals surface area (Å²) in [4.78, 5) is 0. The molecule has 0 amide bonds. The lowest BCUT2D eigenvalue weighted by molar-refractivity contribution is -0.652. The van der Waals surface area contributed by atoms with Crippen molar-refractivity contribution in [2.24, 2.45) is 28.2 Å². The first kappa shape index (κ1) is 21.4. The summed E-state index contributed by atoms with van der Waals surface area (Å²) in [6, 6.07) is 16.0. The standard InChI is InChI=1S/C29H34N4/c1-17-14-18(2)28(20(4)19(17)3)29-32(8)25-13-11-23(16-27(25)33(29)9)22-10-12-24-26(15-22)31(7)21(5)30(24)6/h10-16H,1-9H3/q+2. The summed E-state index contributed by atoms with van der Waals surface area (Å²) in [5, 5.41) is 0. The molecular weight excluding hydrogens is 404 g/mol. The topological polar surface area (TPSA) is 17.6 Å². The van der Waals surface area contributed by atoms with E-state index >= 15 is 0 Å². The molecule has 5 rings (SSSR count). The van der Waals surface area contributed by atoms with E-state index in [1.807, 2.05) is 0 Å². The van der Waals surface area contributed by atoms with Crippen molar-refractivity contribution in [3.8, 4) is 22.5 Å². The van der Waals surface area contributed by atoms with Gasteiger partial charge in [0.15, 0.2) is 22.1 Å². The van der Waals surface area contributed by atoms with E-state index in [0.717, 1.165) is 0 Å². The molecule has 0 aliphatic carbocycles. The highest BCUT2D eigenvalue weighted by atomic mass is 15.1. The minimum absolute atomic E-state index is 1.24. The largest absolute Gasteiger partial charge is 0.289 e. The zero-order valence-corrected chi connectivity index (χ0v) is 21.3. The highest BCUT2D eigenvalue weighted by molar-refractivity contribution is 5.86. The van der Waals surface area contributed by atoms with E-state index < -0.39 is 0 Å². The molecule has 0 N–H and O–H groups in total. The lowest BCUT2D eigenvalue weighted by Crippen LogP contribution is -2.30. The van der Waals surface area contributed by atoms with Gasteiger partial charge < -0.3 is 0 Å². The fourth-order valence-corrected chi connectivity index (χ4v) is 5.50. The molecule has 4 nitrogen and oxygen atoms in total. The van der Waals surface area contributed by atoms with Gasteiger partial charge in [0.05, 0.1) is 33.8 Å². The Hall–Kier alpha value is -3.40. The van der Waals surface area contributed by atoms with Gasteiger partial charge in [0, 0.05) is 6.92 Å². The maximum atomic E-state index is 2.36. The number of aryl methyl sites for hydroxylation is 6. The van der Waals surface area contributed by atoms with Crippen LogP contribution in [0.2, 0.25) is 0 Å². The number of hydrogen-bond donors (Lipinski definition) is 0. The molecule has 0 saturated carbocycles. The number of hydrogen-bond acceptors (Lipinski definition) is 0. The second-order valence-corrected chi connectivity index (χ2v) is 9.65. The normalized spacial score (nSPS) is 11.8. The molecule has 0 spiro atoms. The monoisotopic (exact) mass is 438 g/mol. The quantitative estimate of drug-likeness (QED) is 0.337. The van der Waals surface area contributed by atoms with E-state index in [1.165, 1.54) is 72.7 Å². The van der Waals surface area contributed by atoms with E-state index in [0.29, 0.717) is 0 Å². The van der Waals surface area contributed by atoms with Crippen LogP contribution in [-0.2, 0) is 28.2 Å². The van der Waals surface area contributed by atoms with Crippen molar-refractivity contribution in [1.82, 2.24) is 9.13 Å². The minimum atomic E-state index is 1.24. The van der Waals surface area contributed by atoms with Crippen LogP contribution in [0.3, 0.4) is 0 Å². The molecule has 33 heavy (non-hydrogen) atoms. The number of nitrogens with zero attached hydrogens (tertiary/aromatic N) is 4. The Balaban J connectivity index is 1.73. The second kappa shape index (κ2) is 7.31. The molecule has 0 atom stereocenters. The summed E-state index contributed by atoms with van der Waals surface area (Å²) in [6.45, 7) is 11.1. The Kier molecular flexibility index (Phi) is 4.75. The van der Waals surface area contributed by atoms with Crippen LogP contribution in [0.25, 0.3) is 44.6 Å². The van der Waals surface area contributed by atoms with E-state index in [4.69, 9.17) is 0 Å². The number of imidazole rings is 2. The minimum Gasteiger partial charge on any atom is -0.230 e. The number of benzene rings is 3. The summed E-state index contributed by atoms with van der Waals surface area (Å²) in [5.41, 5.74) is 14.3. The van der Waals surface area contributed by atoms with Crippen molar-refractivity contribution in [2.45, 2.75) is 34.6 Å². The Morgan fingerprint density at radius 1 is 0.606 bits per heavy atom. The van der Waals surface area contributed by atoms with Crippen molar-refractivity contribution in [3.05, 3.63) is 70.5 Å². The number of rotatable bonds is 2. The van der Waals surface area contributed by atoms with Gasteiger partial charge in [-0.3, -0.25) is 0 Å². The fraction of sp³-hybridized carbons (Fsp3) is 0.310. The van der Waals surface area contributed by atoms with E-state index in [1.54, 1.807) is 0 Å². The van der Waals surface area contributed by atoms with Gasteiger partial charge in [-0.25, -0.2) is 18.3 Å². The Morgan fingerprint density at radius 3 is 1.76 bits per heavy atom. The number of aromatic nitrogens is 4. The van der Waals surface area contributed by atoms with Crippen LogP contribution in [-0.4, -0.2) is 9.13 Å². The average molecular weight is 439 g/mol. The van der Waals surface area contributed by atoms with Gasteiger partial charge in [-0.1, -0.05) is 6.07 Å². The molecule has 0 unspecified atom stereocenters. The van der Waals surface area contributed by atoms with Crippen LogP contribution in [0.15, 0.2) is 42.5 Å². The Labute approximate surface area is 196 Å². The summed E-state index contributed by atoms with van der Waals surface area (Å²) in [6.07, 6.45) is 0. The van der Waals surface area contributed by atoms with Crippen molar-refractivity contribution in [3.63, 3.8) is 0 Å². The molecule has 0 radical (unpaired) electrons. The molecule has 0 fully saturated rings. The first-order valence-corrected chi connectivity index (χ1v) is 11.6. The molecule has 2 aromatic heterocycles. The molecule has 0 bridgehead atoms. The van der Waals surface area contributed by atoms with Crippen LogP contribution in [0.1, 0.15) is 28.1 Å². The summed E-state index contributed by atoms with van der Waals surface area (Å²) in [7, 11) is 8.65. The van der Waals surface area contributed by atoms with Gasteiger partial charge in [0.25, 0.3) is 11.6 Å². The first-order valence-electron chi connectivity index (χ1n) is 11.6. The third kappa shape index (κ3) is 2.97. The molecule has 2 heterocycles. The predicted octanol–water partition coefficient (Wildman–Crippen LogP) is 5.20. The van der Waals surface area contributed by atoms with Crippen molar-refractivity contribution >= 4 is 22.1 Å². The van der Waals surface area contributed by atoms with Gasteiger partial charge in [0.1, 0.15) is 0 Å². The molecule has 3 aromatic carbocycles. The van der Waals surface area contributed by atoms with Crippen molar-refractivity contribution < 1.29 is 9.13 Å². The molecule has 0 saturated heterocycles. The Morgan fingerprint density at radius 2 is 1.15 bits per heavy atom. The van der Waals surface area contributed by atoms with Crippen LogP contribution in [0.5, 0.6) is 0 Å². The zero-order valence-electron chi connectivity index (χ0n) is 21.3. The third-order valence-corrected chi connectivity index (χ3v) is 7.92. The Bertz CT molecular complexity index is 1590. The van der Waals surface area contributed by atoms with Crippen molar-refractivity contribution in [1.29, 1.82) is 0 Å². The smallest absolute Gasteiger partial charge is 0.230 e. The summed E-state index contributed by atoms with van der Waals surface area (Å²) < 4.78 is 9.21. The van der Waals surface area contributed by atoms with Gasteiger partial charge in [-0.2, -0.15) is 0 Å². The van der Waals surface area contributed by atoms with E-state index in [2.05, 4.69) is 124 Å². The molecular formula is C29H34N4+2. The maximum Gasteiger partial charge on any atom is 0.289 e.